The van der Waals surface area contributed by atoms with Gasteiger partial charge in [0.2, 0.25) is 15.9 Å². The highest BCUT2D eigenvalue weighted by atomic mass is 32.2. The number of nitrogens with one attached hydrogen (secondary N) is 1. The molecule has 0 aromatic heterocycles. The maximum absolute atomic E-state index is 13.0. The molecule has 8 nitrogen and oxygen atoms in total. The molecule has 3 rings (SSSR count). The van der Waals surface area contributed by atoms with E-state index in [-0.39, 0.29) is 38.0 Å². The van der Waals surface area contributed by atoms with Crippen LogP contribution in [-0.2, 0) is 27.7 Å². The average molecular weight is 423 g/mol. The lowest BCUT2D eigenvalue weighted by Crippen LogP contribution is -2.56. The van der Waals surface area contributed by atoms with Crippen LogP contribution < -0.4 is 11.1 Å². The fraction of sp³-hybridized carbons (Fsp3) is 0.600. The highest BCUT2D eigenvalue weighted by Gasteiger charge is 2.33. The predicted molar refractivity (Wildman–Crippen MR) is 110 cm³/mol. The van der Waals surface area contributed by atoms with Gasteiger partial charge in [0.25, 0.3) is 0 Å². The molecule has 1 atom stereocenters. The minimum absolute atomic E-state index is 0.206. The molecule has 1 fully saturated rings. The summed E-state index contributed by atoms with van der Waals surface area (Å²) in [5.41, 5.74) is 7.56. The average Bonchev–Trinajstić information content (AvgIpc) is 3.14. The van der Waals surface area contributed by atoms with E-state index in [0.29, 0.717) is 11.3 Å². The van der Waals surface area contributed by atoms with Gasteiger partial charge in [-0.15, -0.1) is 0 Å². The maximum Gasteiger partial charge on any atom is 0.312 e. The number of urea groups is 1. The van der Waals surface area contributed by atoms with Gasteiger partial charge in [-0.05, 0) is 54.9 Å². The quantitative estimate of drug-likeness (QED) is 0.714. The zero-order chi connectivity index (χ0) is 21.2. The van der Waals surface area contributed by atoms with Crippen LogP contribution in [0.5, 0.6) is 0 Å². The molecule has 1 aromatic carbocycles. The summed E-state index contributed by atoms with van der Waals surface area (Å²) in [6.45, 7) is 4.97. The SMILES string of the molecule is CC(C)C[C@H](NC(N)=O)C(=O)N1CCN(S(=O)(=O)c2ccc3c(c2)CCC3)CC1. The van der Waals surface area contributed by atoms with Crippen molar-refractivity contribution in [3.05, 3.63) is 29.3 Å². The molecule has 160 valence electrons. The second kappa shape index (κ2) is 8.71. The van der Waals surface area contributed by atoms with Crippen molar-refractivity contribution >= 4 is 22.0 Å². The topological polar surface area (TPSA) is 113 Å². The second-order valence-electron chi connectivity index (χ2n) is 8.20. The van der Waals surface area contributed by atoms with Gasteiger partial charge >= 0.3 is 6.03 Å². The maximum atomic E-state index is 13.0. The molecule has 1 aliphatic carbocycles. The first kappa shape index (κ1) is 21.6. The first-order chi connectivity index (χ1) is 13.7. The molecule has 0 radical (unpaired) electrons. The Hall–Kier alpha value is -2.13. The number of amides is 3. The summed E-state index contributed by atoms with van der Waals surface area (Å²) in [6, 6.07) is 3.98. The third-order valence-electron chi connectivity index (χ3n) is 5.58. The summed E-state index contributed by atoms with van der Waals surface area (Å²) in [5, 5.41) is 2.52. The van der Waals surface area contributed by atoms with Crippen LogP contribution in [0.25, 0.3) is 0 Å². The van der Waals surface area contributed by atoms with E-state index in [9.17, 15) is 18.0 Å². The van der Waals surface area contributed by atoms with Crippen molar-refractivity contribution in [2.75, 3.05) is 26.2 Å². The lowest BCUT2D eigenvalue weighted by atomic mass is 10.0. The van der Waals surface area contributed by atoms with Crippen LogP contribution in [0.1, 0.15) is 37.8 Å². The number of piperazine rings is 1. The summed E-state index contributed by atoms with van der Waals surface area (Å²) in [6.07, 6.45) is 3.48. The smallest absolute Gasteiger partial charge is 0.312 e. The van der Waals surface area contributed by atoms with E-state index in [1.165, 1.54) is 9.87 Å². The zero-order valence-electron chi connectivity index (χ0n) is 17.1. The van der Waals surface area contributed by atoms with Crippen molar-refractivity contribution in [2.45, 2.75) is 50.5 Å². The van der Waals surface area contributed by atoms with Gasteiger partial charge in [-0.2, -0.15) is 4.31 Å². The van der Waals surface area contributed by atoms with Gasteiger partial charge in [-0.1, -0.05) is 19.9 Å². The van der Waals surface area contributed by atoms with E-state index in [1.807, 2.05) is 19.9 Å². The van der Waals surface area contributed by atoms with Gasteiger partial charge in [0.15, 0.2) is 0 Å². The van der Waals surface area contributed by atoms with Gasteiger partial charge in [0.1, 0.15) is 6.04 Å². The van der Waals surface area contributed by atoms with Crippen LogP contribution in [0, 0.1) is 5.92 Å². The Bertz CT molecular complexity index is 876. The van der Waals surface area contributed by atoms with E-state index in [1.54, 1.807) is 17.0 Å². The van der Waals surface area contributed by atoms with E-state index in [2.05, 4.69) is 5.32 Å². The number of benzene rings is 1. The van der Waals surface area contributed by atoms with Crippen LogP contribution in [0.4, 0.5) is 4.79 Å². The summed E-state index contributed by atoms with van der Waals surface area (Å²) in [7, 11) is -3.59. The molecule has 0 bridgehead atoms. The summed E-state index contributed by atoms with van der Waals surface area (Å²) in [5.74, 6) is -0.00986. The summed E-state index contributed by atoms with van der Waals surface area (Å²) < 4.78 is 27.5. The third kappa shape index (κ3) is 4.90. The molecule has 2 aliphatic rings. The first-order valence-electron chi connectivity index (χ1n) is 10.1. The monoisotopic (exact) mass is 422 g/mol. The van der Waals surface area contributed by atoms with Crippen LogP contribution in [0.2, 0.25) is 0 Å². The molecule has 9 heteroatoms. The highest BCUT2D eigenvalue weighted by Crippen LogP contribution is 2.26. The van der Waals surface area contributed by atoms with Crippen molar-refractivity contribution in [3.8, 4) is 0 Å². The Balaban J connectivity index is 1.66. The minimum atomic E-state index is -3.59. The number of aryl methyl sites for hydroxylation is 2. The van der Waals surface area contributed by atoms with Crippen molar-refractivity contribution in [1.82, 2.24) is 14.5 Å². The number of fused-ring (bicyclic) bond motifs is 1. The number of rotatable bonds is 6. The number of hydrogen-bond acceptors (Lipinski definition) is 4. The van der Waals surface area contributed by atoms with Crippen molar-refractivity contribution in [2.24, 2.45) is 11.7 Å². The third-order valence-corrected chi connectivity index (χ3v) is 7.47. The molecule has 0 saturated carbocycles. The number of sulfonamides is 1. The Morgan fingerprint density at radius 3 is 2.38 bits per heavy atom. The lowest BCUT2D eigenvalue weighted by Gasteiger charge is -2.36. The van der Waals surface area contributed by atoms with Gasteiger partial charge in [-0.3, -0.25) is 4.79 Å². The largest absolute Gasteiger partial charge is 0.352 e. The van der Waals surface area contributed by atoms with Gasteiger partial charge in [0, 0.05) is 26.2 Å². The number of nitrogens with zero attached hydrogens (tertiary/aromatic N) is 2. The highest BCUT2D eigenvalue weighted by molar-refractivity contribution is 7.89. The van der Waals surface area contributed by atoms with Crippen molar-refractivity contribution < 1.29 is 18.0 Å². The fourth-order valence-corrected chi connectivity index (χ4v) is 5.56. The molecule has 1 aromatic rings. The van der Waals surface area contributed by atoms with E-state index in [4.69, 9.17) is 5.73 Å². The lowest BCUT2D eigenvalue weighted by molar-refractivity contribution is -0.134. The van der Waals surface area contributed by atoms with Gasteiger partial charge in [0.05, 0.1) is 4.90 Å². The first-order valence-corrected chi connectivity index (χ1v) is 11.6. The molecule has 1 aliphatic heterocycles. The number of nitrogens with two attached hydrogens (primary N) is 1. The standard InChI is InChI=1S/C20H30N4O4S/c1-14(2)12-18(22-20(21)26)19(25)23-8-10-24(11-9-23)29(27,28)17-7-6-15-4-3-5-16(15)13-17/h6-7,13-14,18H,3-5,8-12H2,1-2H3,(H3,21,22,26)/t18-/m0/s1. The van der Waals surface area contributed by atoms with Crippen LogP contribution in [0.3, 0.4) is 0 Å². The van der Waals surface area contributed by atoms with E-state index in [0.717, 1.165) is 24.8 Å². The predicted octanol–water partition coefficient (Wildman–Crippen LogP) is 1.09. The molecule has 1 heterocycles. The second-order valence-corrected chi connectivity index (χ2v) is 10.1. The molecule has 3 N–H and O–H groups in total. The molecule has 0 unspecified atom stereocenters. The molecular weight excluding hydrogens is 392 g/mol. The zero-order valence-corrected chi connectivity index (χ0v) is 17.9. The van der Waals surface area contributed by atoms with Crippen LogP contribution in [-0.4, -0.2) is 61.8 Å². The summed E-state index contributed by atoms with van der Waals surface area (Å²) >= 11 is 0. The van der Waals surface area contributed by atoms with E-state index < -0.39 is 22.1 Å². The van der Waals surface area contributed by atoms with E-state index >= 15 is 0 Å². The molecule has 1 saturated heterocycles. The molecule has 0 spiro atoms. The molecular formula is C20H30N4O4S. The Morgan fingerprint density at radius 2 is 1.76 bits per heavy atom. The van der Waals surface area contributed by atoms with Gasteiger partial charge in [-0.25, -0.2) is 13.2 Å². The normalized spacial score (nSPS) is 18.5. The van der Waals surface area contributed by atoms with Crippen molar-refractivity contribution in [1.29, 1.82) is 0 Å². The number of carbonyl (C=O) groups is 2. The molecule has 29 heavy (non-hydrogen) atoms. The van der Waals surface area contributed by atoms with Crippen LogP contribution >= 0.6 is 0 Å². The summed E-state index contributed by atoms with van der Waals surface area (Å²) in [4.78, 5) is 26.0. The molecule has 3 amide bonds. The Kier molecular flexibility index (Phi) is 6.48. The van der Waals surface area contributed by atoms with Gasteiger partial charge < -0.3 is 16.0 Å². The Labute approximate surface area is 172 Å². The number of hydrogen-bond donors (Lipinski definition) is 2. The van der Waals surface area contributed by atoms with Crippen LogP contribution in [0.15, 0.2) is 23.1 Å². The Morgan fingerprint density at radius 1 is 1.10 bits per heavy atom. The van der Waals surface area contributed by atoms with Crippen molar-refractivity contribution in [3.63, 3.8) is 0 Å². The fourth-order valence-electron chi connectivity index (χ4n) is 4.09. The minimum Gasteiger partial charge on any atom is -0.352 e. The number of carbonyl (C=O) groups excluding carboxylic acids is 2. The number of primary amides is 1.